The average Bonchev–Trinajstić information content (AvgIpc) is 1.63. The van der Waals surface area contributed by atoms with Crippen LogP contribution in [0.25, 0.3) is 0 Å². The molecule has 0 bridgehead atoms. The van der Waals surface area contributed by atoms with E-state index in [1.807, 2.05) is 0 Å². The molecule has 5 nitrogen and oxygen atoms in total. The number of carbonyl (C=O) groups is 1. The zero-order valence-corrected chi connectivity index (χ0v) is 5.38. The van der Waals surface area contributed by atoms with E-state index in [-0.39, 0.29) is 0 Å². The predicted octanol–water partition coefficient (Wildman–Crippen LogP) is -0.994. The van der Waals surface area contributed by atoms with Crippen molar-refractivity contribution in [3.05, 3.63) is 0 Å². The lowest BCUT2D eigenvalue weighted by Crippen LogP contribution is -2.30. The van der Waals surface area contributed by atoms with Crippen LogP contribution in [0.15, 0.2) is 0 Å². The van der Waals surface area contributed by atoms with Crippen LogP contribution < -0.4 is 5.73 Å². The maximum atomic E-state index is 10.2. The number of aliphatic hydroxyl groups is 1. The van der Waals surface area contributed by atoms with Gasteiger partial charge in [0.1, 0.15) is 6.16 Å². The zero-order valence-electron chi connectivity index (χ0n) is 4.48. The first-order valence-electron chi connectivity index (χ1n) is 2.12. The fourth-order valence-electron chi connectivity index (χ4n) is 0.221. The van der Waals surface area contributed by atoms with Crippen molar-refractivity contribution in [1.82, 2.24) is 0 Å². The first-order valence-corrected chi connectivity index (χ1v) is 3.48. The summed E-state index contributed by atoms with van der Waals surface area (Å²) in [6.07, 6.45) is -2.36. The molecule has 0 aliphatic heterocycles. The fourth-order valence-corrected chi connectivity index (χ4v) is 0.662. The summed E-state index contributed by atoms with van der Waals surface area (Å²) in [5.74, 6) is -0.883. The molecule has 0 aromatic rings. The van der Waals surface area contributed by atoms with Crippen molar-refractivity contribution in [3.63, 3.8) is 0 Å². The van der Waals surface area contributed by atoms with E-state index < -0.39 is 25.9 Å². The van der Waals surface area contributed by atoms with Crippen LogP contribution in [0.3, 0.4) is 0 Å². The second-order valence-corrected chi connectivity index (χ2v) is 2.38. The highest BCUT2D eigenvalue weighted by molar-refractivity contribution is 7.32. The second-order valence-electron chi connectivity index (χ2n) is 1.40. The van der Waals surface area contributed by atoms with Crippen molar-refractivity contribution in [2.24, 2.45) is 5.73 Å². The van der Waals surface area contributed by atoms with Crippen LogP contribution in [0.5, 0.6) is 0 Å². The van der Waals surface area contributed by atoms with Gasteiger partial charge in [-0.2, -0.15) is 0 Å². The molecule has 6 heteroatoms. The summed E-state index contributed by atoms with van der Waals surface area (Å²) in [6.45, 7) is 0. The molecule has 0 heterocycles. The third-order valence-corrected chi connectivity index (χ3v) is 1.18. The molecule has 0 aliphatic carbocycles. The number of rotatable bonds is 3. The van der Waals surface area contributed by atoms with Crippen LogP contribution in [0.1, 0.15) is 0 Å². The Bertz CT molecular complexity index is 165. The molecule has 0 saturated carbocycles. The van der Waals surface area contributed by atoms with E-state index in [0.29, 0.717) is 0 Å². The summed E-state index contributed by atoms with van der Waals surface area (Å²) in [5, 5.41) is 8.23. The topological polar surface area (TPSA) is 97.5 Å². The summed E-state index contributed by atoms with van der Waals surface area (Å²) < 4.78 is 19.5. The summed E-state index contributed by atoms with van der Waals surface area (Å²) in [4.78, 5) is 10.2. The number of ketones is 1. The zero-order chi connectivity index (χ0) is 7.44. The van der Waals surface area contributed by atoms with E-state index in [0.717, 1.165) is 0 Å². The molecule has 0 radical (unpaired) electrons. The van der Waals surface area contributed by atoms with Crippen LogP contribution in [0.4, 0.5) is 0 Å². The van der Waals surface area contributed by atoms with Gasteiger partial charge >= 0.3 is 7.68 Å². The van der Waals surface area contributed by atoms with Gasteiger partial charge in [-0.3, -0.25) is 10.5 Å². The largest absolute Gasteiger partial charge is 0.371 e. The smallest absolute Gasteiger partial charge is 0.323 e. The molecule has 0 amide bonds. The van der Waals surface area contributed by atoms with Crippen LogP contribution in [-0.4, -0.2) is 23.3 Å². The second kappa shape index (κ2) is 3.50. The van der Waals surface area contributed by atoms with Crippen molar-refractivity contribution in [1.29, 1.82) is 0 Å². The van der Waals surface area contributed by atoms with Crippen LogP contribution in [-0.2, 0) is 13.9 Å². The molecule has 0 saturated heterocycles. The molecular weight excluding hydrogens is 145 g/mol. The minimum atomic E-state index is -2.76. The summed E-state index contributed by atoms with van der Waals surface area (Å²) in [5.41, 5.74) is 4.62. The highest BCUT2D eigenvalue weighted by Crippen LogP contribution is 2.01. The van der Waals surface area contributed by atoms with Crippen molar-refractivity contribution in [3.8, 4) is 0 Å². The van der Waals surface area contributed by atoms with Crippen LogP contribution in [0, 0.1) is 0 Å². The maximum Gasteiger partial charge on any atom is 0.323 e. The quantitative estimate of drug-likeness (QED) is 0.398. The lowest BCUT2D eigenvalue weighted by Gasteiger charge is -1.95. The number of aliphatic hydroxyl groups excluding tert-OH is 1. The van der Waals surface area contributed by atoms with Gasteiger partial charge < -0.3 is 5.11 Å². The Morgan fingerprint density at radius 1 is 1.67 bits per heavy atom. The minimum Gasteiger partial charge on any atom is -0.371 e. The molecule has 1 unspecified atom stereocenters. The number of nitrogens with two attached hydrogens (primary N) is 1. The predicted molar refractivity (Wildman–Crippen MR) is 28.4 cm³/mol. The number of hydrogen-bond donors (Lipinski definition) is 2. The lowest BCUT2D eigenvalue weighted by atomic mass is 10.4. The lowest BCUT2D eigenvalue weighted by molar-refractivity contribution is -0.124. The molecule has 0 fully saturated rings. The number of hydrogen-bond acceptors (Lipinski definition) is 5. The van der Waals surface area contributed by atoms with Crippen molar-refractivity contribution >= 4 is 13.5 Å². The standard InChI is InChI=1S/C3H6NO4P/c4-3(6)2(5)1-9(7)8/h3,6H,1,4H2. The Hall–Kier alpha value is -0.510. The highest BCUT2D eigenvalue weighted by Gasteiger charge is 2.10. The third kappa shape index (κ3) is 4.02. The van der Waals surface area contributed by atoms with E-state index in [9.17, 15) is 13.9 Å². The van der Waals surface area contributed by atoms with Gasteiger partial charge in [0.2, 0.25) is 0 Å². The van der Waals surface area contributed by atoms with E-state index >= 15 is 0 Å². The maximum absolute atomic E-state index is 10.2. The summed E-state index contributed by atoms with van der Waals surface area (Å²) in [6, 6.07) is 0. The Morgan fingerprint density at radius 2 is 2.11 bits per heavy atom. The van der Waals surface area contributed by atoms with Gasteiger partial charge in [-0.1, -0.05) is 0 Å². The van der Waals surface area contributed by atoms with E-state index in [4.69, 9.17) is 5.11 Å². The normalized spacial score (nSPS) is 12.7. The molecule has 3 N–H and O–H groups in total. The van der Waals surface area contributed by atoms with Crippen molar-refractivity contribution in [2.75, 3.05) is 6.16 Å². The Balaban J connectivity index is 3.79. The van der Waals surface area contributed by atoms with E-state index in [1.165, 1.54) is 0 Å². The molecule has 0 spiro atoms. The Labute approximate surface area is 51.7 Å². The highest BCUT2D eigenvalue weighted by atomic mass is 31.1. The van der Waals surface area contributed by atoms with Gasteiger partial charge in [-0.25, -0.2) is 9.13 Å². The first-order chi connectivity index (χ1) is 4.04. The van der Waals surface area contributed by atoms with Gasteiger partial charge in [0.25, 0.3) is 0 Å². The molecule has 1 atom stereocenters. The van der Waals surface area contributed by atoms with Gasteiger partial charge in [0, 0.05) is 0 Å². The van der Waals surface area contributed by atoms with Gasteiger partial charge in [-0.15, -0.1) is 0 Å². The molecule has 52 valence electrons. The Morgan fingerprint density at radius 3 is 2.22 bits per heavy atom. The molecule has 9 heavy (non-hydrogen) atoms. The SMILES string of the molecule is NC(O)C(=O)CP(=O)=O. The van der Waals surface area contributed by atoms with Gasteiger partial charge in [0.15, 0.2) is 12.0 Å². The number of Topliss-reactive ketones (excluding diaryl/α,β-unsaturated/α-hetero) is 1. The van der Waals surface area contributed by atoms with Crippen LogP contribution in [0.2, 0.25) is 0 Å². The molecule has 0 aliphatic rings. The molecular formula is C3H6NO4P. The van der Waals surface area contributed by atoms with Crippen molar-refractivity contribution in [2.45, 2.75) is 6.23 Å². The summed E-state index contributed by atoms with van der Waals surface area (Å²) in [7, 11) is -2.76. The van der Waals surface area contributed by atoms with Gasteiger partial charge in [0.05, 0.1) is 0 Å². The fraction of sp³-hybridized carbons (Fsp3) is 0.667. The molecule has 0 rings (SSSR count). The van der Waals surface area contributed by atoms with E-state index in [2.05, 4.69) is 5.73 Å². The third-order valence-electron chi connectivity index (χ3n) is 0.615. The summed E-state index contributed by atoms with van der Waals surface area (Å²) >= 11 is 0. The molecule has 0 aromatic heterocycles. The average molecular weight is 151 g/mol. The molecule has 0 aromatic carbocycles. The first kappa shape index (κ1) is 8.49. The minimum absolute atomic E-state index is 0.688. The van der Waals surface area contributed by atoms with Gasteiger partial charge in [-0.05, 0) is 0 Å². The monoisotopic (exact) mass is 151 g/mol. The van der Waals surface area contributed by atoms with Crippen LogP contribution >= 0.6 is 7.68 Å². The van der Waals surface area contributed by atoms with E-state index in [1.54, 1.807) is 0 Å². The number of carbonyl (C=O) groups excluding carboxylic acids is 1. The Kier molecular flexibility index (Phi) is 3.30. The van der Waals surface area contributed by atoms with Crippen molar-refractivity contribution < 1.29 is 19.0 Å².